The van der Waals surface area contributed by atoms with Crippen molar-refractivity contribution in [3.05, 3.63) is 16.1 Å². The van der Waals surface area contributed by atoms with E-state index in [1.807, 2.05) is 19.5 Å². The molecule has 1 aromatic rings. The van der Waals surface area contributed by atoms with E-state index in [9.17, 15) is 4.79 Å². The Morgan fingerprint density at radius 2 is 2.04 bits per heavy atom. The van der Waals surface area contributed by atoms with Crippen LogP contribution in [-0.4, -0.2) is 85.4 Å². The SMILES string of the molecule is CN=C(NCc1scnc1C)N1CCN(CCC(=O)N(C)C)CC1.I. The zero-order valence-corrected chi connectivity index (χ0v) is 18.6. The maximum Gasteiger partial charge on any atom is 0.223 e. The molecule has 9 heteroatoms. The highest BCUT2D eigenvalue weighted by molar-refractivity contribution is 14.0. The quantitative estimate of drug-likeness (QED) is 0.391. The molecule has 1 aromatic heterocycles. The minimum absolute atomic E-state index is 0. The van der Waals surface area contributed by atoms with Gasteiger partial charge in [-0.15, -0.1) is 35.3 Å². The highest BCUT2D eigenvalue weighted by Gasteiger charge is 2.20. The molecular formula is C16H29IN6OS. The standard InChI is InChI=1S/C16H28N6OS.HI/c1-13-14(24-12-19-13)11-18-16(17-2)22-9-7-21(8-10-22)6-5-15(23)20(3)4;/h12H,5-11H2,1-4H3,(H,17,18);1H. The van der Waals surface area contributed by atoms with E-state index in [1.165, 1.54) is 4.88 Å². The van der Waals surface area contributed by atoms with Gasteiger partial charge < -0.3 is 15.1 Å². The molecule has 1 aliphatic rings. The molecule has 1 N–H and O–H groups in total. The fourth-order valence-corrected chi connectivity index (χ4v) is 3.36. The number of hydrogen-bond acceptors (Lipinski definition) is 5. The number of aryl methyl sites for hydroxylation is 1. The molecule has 2 heterocycles. The van der Waals surface area contributed by atoms with E-state index in [0.29, 0.717) is 6.42 Å². The van der Waals surface area contributed by atoms with Gasteiger partial charge in [-0.05, 0) is 6.92 Å². The first-order valence-electron chi connectivity index (χ1n) is 8.28. The van der Waals surface area contributed by atoms with Gasteiger partial charge in [-0.3, -0.25) is 14.7 Å². The molecule has 1 amide bonds. The van der Waals surface area contributed by atoms with Crippen LogP contribution >= 0.6 is 35.3 Å². The summed E-state index contributed by atoms with van der Waals surface area (Å²) in [7, 11) is 5.44. The molecule has 0 atom stereocenters. The van der Waals surface area contributed by atoms with Crippen molar-refractivity contribution in [2.24, 2.45) is 4.99 Å². The Hall–Kier alpha value is -0.940. The Labute approximate surface area is 171 Å². The van der Waals surface area contributed by atoms with Crippen LogP contribution in [0.3, 0.4) is 0 Å². The summed E-state index contributed by atoms with van der Waals surface area (Å²) in [5.74, 6) is 1.13. The number of carbonyl (C=O) groups is 1. The molecule has 1 saturated heterocycles. The van der Waals surface area contributed by atoms with Crippen molar-refractivity contribution in [3.8, 4) is 0 Å². The van der Waals surface area contributed by atoms with Crippen LogP contribution < -0.4 is 5.32 Å². The van der Waals surface area contributed by atoms with E-state index in [2.05, 4.69) is 25.1 Å². The van der Waals surface area contributed by atoms with Gasteiger partial charge in [0.05, 0.1) is 17.7 Å². The molecule has 1 fully saturated rings. The average molecular weight is 480 g/mol. The highest BCUT2D eigenvalue weighted by Crippen LogP contribution is 2.12. The summed E-state index contributed by atoms with van der Waals surface area (Å²) < 4.78 is 0. The molecule has 0 aliphatic carbocycles. The van der Waals surface area contributed by atoms with Crippen molar-refractivity contribution in [1.29, 1.82) is 0 Å². The third kappa shape index (κ3) is 6.70. The molecule has 0 bridgehead atoms. The number of carbonyl (C=O) groups excluding carboxylic acids is 1. The van der Waals surface area contributed by atoms with Gasteiger partial charge in [0, 0.05) is 65.2 Å². The van der Waals surface area contributed by atoms with Crippen LogP contribution in [0.5, 0.6) is 0 Å². The number of halogens is 1. The maximum absolute atomic E-state index is 11.7. The molecule has 0 saturated carbocycles. The molecule has 0 spiro atoms. The van der Waals surface area contributed by atoms with Crippen molar-refractivity contribution in [3.63, 3.8) is 0 Å². The van der Waals surface area contributed by atoms with Gasteiger partial charge in [-0.1, -0.05) is 0 Å². The van der Waals surface area contributed by atoms with Crippen LogP contribution in [0.25, 0.3) is 0 Å². The smallest absolute Gasteiger partial charge is 0.223 e. The van der Waals surface area contributed by atoms with Crippen LogP contribution in [0, 0.1) is 6.92 Å². The molecule has 0 radical (unpaired) electrons. The second-order valence-corrected chi connectivity index (χ2v) is 7.07. The number of guanidine groups is 1. The lowest BCUT2D eigenvalue weighted by atomic mass is 10.3. The lowest BCUT2D eigenvalue weighted by Crippen LogP contribution is -2.52. The number of nitrogens with zero attached hydrogens (tertiary/aromatic N) is 5. The molecule has 142 valence electrons. The summed E-state index contributed by atoms with van der Waals surface area (Å²) in [6.07, 6.45) is 0.588. The molecule has 0 aromatic carbocycles. The fourth-order valence-electron chi connectivity index (χ4n) is 2.65. The number of rotatable bonds is 5. The maximum atomic E-state index is 11.7. The first kappa shape index (κ1) is 22.1. The molecule has 25 heavy (non-hydrogen) atoms. The summed E-state index contributed by atoms with van der Waals surface area (Å²) in [4.78, 5) is 27.9. The number of hydrogen-bond donors (Lipinski definition) is 1. The van der Waals surface area contributed by atoms with E-state index < -0.39 is 0 Å². The Kier molecular flexibility index (Phi) is 9.65. The number of piperazine rings is 1. The van der Waals surface area contributed by atoms with Crippen LogP contribution in [0.1, 0.15) is 17.0 Å². The van der Waals surface area contributed by atoms with Gasteiger partial charge in [0.1, 0.15) is 0 Å². The van der Waals surface area contributed by atoms with Crippen LogP contribution in [0.15, 0.2) is 10.5 Å². The average Bonchev–Trinajstić information content (AvgIpc) is 2.99. The van der Waals surface area contributed by atoms with Gasteiger partial charge in [0.15, 0.2) is 5.96 Å². The molecule has 7 nitrogen and oxygen atoms in total. The van der Waals surface area contributed by atoms with Crippen molar-refractivity contribution < 1.29 is 4.79 Å². The van der Waals surface area contributed by atoms with E-state index in [-0.39, 0.29) is 29.9 Å². The third-order valence-corrected chi connectivity index (χ3v) is 5.21. The minimum atomic E-state index is 0. The number of amides is 1. The van der Waals surface area contributed by atoms with Crippen LogP contribution in [-0.2, 0) is 11.3 Å². The van der Waals surface area contributed by atoms with Crippen molar-refractivity contribution in [1.82, 2.24) is 25.0 Å². The summed E-state index contributed by atoms with van der Waals surface area (Å²) in [5, 5.41) is 3.43. The molecule has 1 aliphatic heterocycles. The lowest BCUT2D eigenvalue weighted by Gasteiger charge is -2.36. The predicted molar refractivity (Wildman–Crippen MR) is 114 cm³/mol. The topological polar surface area (TPSA) is 64.1 Å². The van der Waals surface area contributed by atoms with E-state index in [4.69, 9.17) is 0 Å². The summed E-state index contributed by atoms with van der Waals surface area (Å²) in [5.41, 5.74) is 2.96. The first-order valence-corrected chi connectivity index (χ1v) is 9.16. The van der Waals surface area contributed by atoms with Crippen molar-refractivity contribution in [2.75, 3.05) is 53.9 Å². The second kappa shape index (κ2) is 10.9. The van der Waals surface area contributed by atoms with E-state index in [0.717, 1.165) is 50.9 Å². The first-order chi connectivity index (χ1) is 11.5. The van der Waals surface area contributed by atoms with Crippen LogP contribution in [0.4, 0.5) is 0 Å². The number of thiazole rings is 1. The van der Waals surface area contributed by atoms with Gasteiger partial charge in [-0.25, -0.2) is 4.98 Å². The second-order valence-electron chi connectivity index (χ2n) is 6.13. The number of aromatic nitrogens is 1. The van der Waals surface area contributed by atoms with Gasteiger partial charge >= 0.3 is 0 Å². The number of aliphatic imine (C=N–C) groups is 1. The highest BCUT2D eigenvalue weighted by atomic mass is 127. The van der Waals surface area contributed by atoms with Gasteiger partial charge in [0.25, 0.3) is 0 Å². The molecular weight excluding hydrogens is 451 g/mol. The fraction of sp³-hybridized carbons (Fsp3) is 0.688. The van der Waals surface area contributed by atoms with Crippen molar-refractivity contribution in [2.45, 2.75) is 19.9 Å². The summed E-state index contributed by atoms with van der Waals surface area (Å²) in [6.45, 7) is 7.40. The Morgan fingerprint density at radius 1 is 1.36 bits per heavy atom. The Morgan fingerprint density at radius 3 is 2.56 bits per heavy atom. The normalized spacial score (nSPS) is 15.7. The zero-order chi connectivity index (χ0) is 17.5. The summed E-state index contributed by atoms with van der Waals surface area (Å²) in [6, 6.07) is 0. The van der Waals surface area contributed by atoms with Gasteiger partial charge in [0.2, 0.25) is 5.91 Å². The van der Waals surface area contributed by atoms with Crippen molar-refractivity contribution >= 4 is 47.2 Å². The molecule has 0 unspecified atom stereocenters. The Balaban J connectivity index is 0.00000312. The van der Waals surface area contributed by atoms with Crippen LogP contribution in [0.2, 0.25) is 0 Å². The monoisotopic (exact) mass is 480 g/mol. The minimum Gasteiger partial charge on any atom is -0.351 e. The van der Waals surface area contributed by atoms with E-state index >= 15 is 0 Å². The van der Waals surface area contributed by atoms with E-state index in [1.54, 1.807) is 30.3 Å². The van der Waals surface area contributed by atoms with Gasteiger partial charge in [-0.2, -0.15) is 0 Å². The number of nitrogens with one attached hydrogen (secondary N) is 1. The largest absolute Gasteiger partial charge is 0.351 e. The third-order valence-electron chi connectivity index (χ3n) is 4.28. The lowest BCUT2D eigenvalue weighted by molar-refractivity contribution is -0.129. The zero-order valence-electron chi connectivity index (χ0n) is 15.5. The molecule has 2 rings (SSSR count). The summed E-state index contributed by atoms with van der Waals surface area (Å²) >= 11 is 1.67. The Bertz CT molecular complexity index is 569. The predicted octanol–water partition coefficient (Wildman–Crippen LogP) is 1.24.